The van der Waals surface area contributed by atoms with Crippen LogP contribution in [-0.4, -0.2) is 59.8 Å². The number of alkyl carbamates (subject to hydrolysis) is 1. The van der Waals surface area contributed by atoms with Gasteiger partial charge >= 0.3 is 12.1 Å². The Morgan fingerprint density at radius 1 is 1.25 bits per heavy atom. The lowest BCUT2D eigenvalue weighted by Crippen LogP contribution is -2.52. The Balaban J connectivity index is 3.24. The maximum absolute atomic E-state index is 13.2. The molecule has 174 valence electrons. The third-order valence-corrected chi connectivity index (χ3v) is 4.41. The fourth-order valence-electron chi connectivity index (χ4n) is 2.65. The highest BCUT2D eigenvalue weighted by Crippen LogP contribution is 2.23. The Kier molecular flexibility index (Phi) is 10.1. The number of hydrogen-bond donors (Lipinski definition) is 3. The van der Waals surface area contributed by atoms with Gasteiger partial charge in [0.15, 0.2) is 0 Å². The highest BCUT2D eigenvalue weighted by atomic mass is 32.1. The van der Waals surface area contributed by atoms with Crippen LogP contribution < -0.4 is 10.6 Å². The van der Waals surface area contributed by atoms with Crippen molar-refractivity contribution in [2.75, 3.05) is 19.4 Å². The van der Waals surface area contributed by atoms with Crippen molar-refractivity contribution in [1.29, 1.82) is 0 Å². The maximum Gasteiger partial charge on any atom is 0.408 e. The summed E-state index contributed by atoms with van der Waals surface area (Å²) < 4.78 is 9.71. The average Bonchev–Trinajstić information content (AvgIpc) is 2.71. The zero-order valence-electron chi connectivity index (χ0n) is 18.8. The molecule has 0 fully saturated rings. The van der Waals surface area contributed by atoms with E-state index < -0.39 is 48.1 Å². The number of terminal acetylenes is 1. The summed E-state index contributed by atoms with van der Waals surface area (Å²) in [4.78, 5) is 50.6. The molecule has 0 aliphatic heterocycles. The van der Waals surface area contributed by atoms with Gasteiger partial charge in [0.1, 0.15) is 24.2 Å². The number of nitrogens with zero attached hydrogens (tertiary/aromatic N) is 1. The second-order valence-corrected chi connectivity index (χ2v) is 8.19. The first-order valence-corrected chi connectivity index (χ1v) is 10.4. The number of methoxy groups -OCH3 is 1. The van der Waals surface area contributed by atoms with Crippen molar-refractivity contribution < 1.29 is 28.7 Å². The van der Waals surface area contributed by atoms with Gasteiger partial charge < -0.3 is 20.1 Å². The molecule has 1 aromatic carbocycles. The minimum absolute atomic E-state index is 0.0967. The van der Waals surface area contributed by atoms with Crippen molar-refractivity contribution in [1.82, 2.24) is 15.5 Å². The van der Waals surface area contributed by atoms with Crippen LogP contribution in [0.2, 0.25) is 0 Å². The molecule has 0 saturated carbocycles. The van der Waals surface area contributed by atoms with Gasteiger partial charge in [0, 0.05) is 11.8 Å². The van der Waals surface area contributed by atoms with Crippen LogP contribution >= 0.6 is 12.6 Å². The molecular formula is C22H29N3O6S. The molecule has 1 rings (SSSR count). The Bertz CT molecular complexity index is 890. The lowest BCUT2D eigenvalue weighted by molar-refractivity contribution is -0.142. The number of thiol groups is 1. The monoisotopic (exact) mass is 463 g/mol. The van der Waals surface area contributed by atoms with E-state index in [0.717, 1.165) is 10.5 Å². The molecule has 0 aliphatic carbocycles. The van der Waals surface area contributed by atoms with Gasteiger partial charge in [-0.15, -0.1) is 0 Å². The van der Waals surface area contributed by atoms with E-state index in [4.69, 9.17) is 11.2 Å². The Morgan fingerprint density at radius 3 is 2.41 bits per heavy atom. The van der Waals surface area contributed by atoms with Crippen molar-refractivity contribution in [3.63, 3.8) is 0 Å². The molecule has 0 aromatic heterocycles. The summed E-state index contributed by atoms with van der Waals surface area (Å²) in [5.74, 6) is -2.20. The topological polar surface area (TPSA) is 114 Å². The summed E-state index contributed by atoms with van der Waals surface area (Å²) in [5.41, 5.74) is 0.474. The van der Waals surface area contributed by atoms with Crippen LogP contribution in [0, 0.1) is 19.4 Å². The summed E-state index contributed by atoms with van der Waals surface area (Å²) in [6, 6.07) is 6.64. The van der Waals surface area contributed by atoms with Gasteiger partial charge in [-0.3, -0.25) is 19.3 Å². The van der Waals surface area contributed by atoms with Crippen LogP contribution in [-0.2, 0) is 23.9 Å². The number of amides is 3. The first-order chi connectivity index (χ1) is 14.9. The summed E-state index contributed by atoms with van der Waals surface area (Å²) in [6.45, 7) is 6.44. The van der Waals surface area contributed by atoms with E-state index in [1.165, 1.54) is 7.11 Å². The van der Waals surface area contributed by atoms with Gasteiger partial charge in [0.05, 0.1) is 7.11 Å². The standard InChI is InChI=1S/C22H29N3O6S/c1-7-25(20(28)16(13-32)24-21(29)31-22(3,4)5)18(15-10-8-9-14(2)11-15)19(27)23-12-17(26)30-6/h1,8-11,16,18,32H,12-13H2,2-6H3,(H,23,27)(H,24,29). The SMILES string of the molecule is C#CN(C(=O)C(CS)NC(=O)OC(C)(C)C)C(C(=O)NCC(=O)OC)c1cccc(C)c1. The van der Waals surface area contributed by atoms with Crippen LogP contribution in [0.25, 0.3) is 0 Å². The van der Waals surface area contributed by atoms with Gasteiger partial charge in [-0.1, -0.05) is 36.3 Å². The largest absolute Gasteiger partial charge is 0.468 e. The summed E-state index contributed by atoms with van der Waals surface area (Å²) in [6.07, 6.45) is 4.78. The van der Waals surface area contributed by atoms with E-state index in [2.05, 4.69) is 34.0 Å². The van der Waals surface area contributed by atoms with Gasteiger partial charge in [0.25, 0.3) is 5.91 Å². The first kappa shape index (κ1) is 26.8. The molecule has 0 aliphatic rings. The first-order valence-electron chi connectivity index (χ1n) is 9.74. The van der Waals surface area contributed by atoms with E-state index >= 15 is 0 Å². The fraction of sp³-hybridized carbons (Fsp3) is 0.455. The minimum atomic E-state index is -1.26. The van der Waals surface area contributed by atoms with Crippen LogP contribution in [0.5, 0.6) is 0 Å². The number of carbonyl (C=O) groups is 4. The molecule has 2 N–H and O–H groups in total. The van der Waals surface area contributed by atoms with E-state index in [1.807, 2.05) is 13.0 Å². The van der Waals surface area contributed by atoms with Crippen molar-refractivity contribution in [2.24, 2.45) is 0 Å². The molecule has 1 aromatic rings. The highest BCUT2D eigenvalue weighted by Gasteiger charge is 2.35. The van der Waals surface area contributed by atoms with Gasteiger partial charge in [0.2, 0.25) is 5.91 Å². The molecule has 2 unspecified atom stereocenters. The number of rotatable bonds is 8. The Morgan fingerprint density at radius 2 is 1.91 bits per heavy atom. The van der Waals surface area contributed by atoms with Gasteiger partial charge in [-0.05, 0) is 33.3 Å². The number of ether oxygens (including phenoxy) is 2. The van der Waals surface area contributed by atoms with E-state index in [0.29, 0.717) is 5.56 Å². The molecule has 9 nitrogen and oxygen atoms in total. The van der Waals surface area contributed by atoms with Crippen LogP contribution in [0.3, 0.4) is 0 Å². The second-order valence-electron chi connectivity index (χ2n) is 7.83. The van der Waals surface area contributed by atoms with Crippen molar-refractivity contribution in [2.45, 2.75) is 45.4 Å². The number of nitrogens with one attached hydrogen (secondary N) is 2. The number of hydrogen-bond acceptors (Lipinski definition) is 7. The van der Waals surface area contributed by atoms with Crippen LogP contribution in [0.15, 0.2) is 24.3 Å². The van der Waals surface area contributed by atoms with Crippen molar-refractivity contribution in [3.05, 3.63) is 35.4 Å². The van der Waals surface area contributed by atoms with E-state index in [9.17, 15) is 19.2 Å². The molecule has 0 bridgehead atoms. The Hall–Kier alpha value is -3.19. The molecule has 0 spiro atoms. The maximum atomic E-state index is 13.2. The van der Waals surface area contributed by atoms with Crippen molar-refractivity contribution >= 4 is 36.5 Å². The summed E-state index contributed by atoms with van der Waals surface area (Å²) in [5, 5.41) is 4.84. The van der Waals surface area contributed by atoms with Gasteiger partial charge in [-0.2, -0.15) is 12.6 Å². The molecule has 3 amide bonds. The molecule has 0 saturated heterocycles. The third-order valence-electron chi connectivity index (χ3n) is 4.05. The quantitative estimate of drug-likeness (QED) is 0.233. The van der Waals surface area contributed by atoms with Crippen LogP contribution in [0.1, 0.15) is 37.9 Å². The van der Waals surface area contributed by atoms with Crippen molar-refractivity contribution in [3.8, 4) is 12.5 Å². The van der Waals surface area contributed by atoms with E-state index in [1.54, 1.807) is 39.0 Å². The third kappa shape index (κ3) is 8.15. The second kappa shape index (κ2) is 12.0. The molecule has 0 radical (unpaired) electrons. The number of carbonyl (C=O) groups excluding carboxylic acids is 4. The average molecular weight is 464 g/mol. The molecule has 2 atom stereocenters. The predicted octanol–water partition coefficient (Wildman–Crippen LogP) is 1.57. The minimum Gasteiger partial charge on any atom is -0.468 e. The summed E-state index contributed by atoms with van der Waals surface area (Å²) in [7, 11) is 1.18. The highest BCUT2D eigenvalue weighted by molar-refractivity contribution is 7.80. The smallest absolute Gasteiger partial charge is 0.408 e. The normalized spacial score (nSPS) is 12.5. The zero-order valence-corrected chi connectivity index (χ0v) is 19.7. The number of benzene rings is 1. The van der Waals surface area contributed by atoms with Gasteiger partial charge in [-0.25, -0.2) is 4.79 Å². The van der Waals surface area contributed by atoms with Crippen LogP contribution in [0.4, 0.5) is 4.79 Å². The lowest BCUT2D eigenvalue weighted by Gasteiger charge is -2.30. The Labute approximate surface area is 193 Å². The summed E-state index contributed by atoms with van der Waals surface area (Å²) >= 11 is 4.13. The molecule has 32 heavy (non-hydrogen) atoms. The number of aryl methyl sites for hydroxylation is 1. The van der Waals surface area contributed by atoms with E-state index in [-0.39, 0.29) is 5.75 Å². The molecular weight excluding hydrogens is 434 g/mol. The predicted molar refractivity (Wildman–Crippen MR) is 122 cm³/mol. The fourth-order valence-corrected chi connectivity index (χ4v) is 2.90. The molecule has 10 heteroatoms. The lowest BCUT2D eigenvalue weighted by atomic mass is 10.0. The zero-order chi connectivity index (χ0) is 24.5. The number of esters is 1. The molecule has 0 heterocycles.